The summed E-state index contributed by atoms with van der Waals surface area (Å²) in [5, 5.41) is 0. The highest BCUT2D eigenvalue weighted by Gasteiger charge is 2.28. The minimum absolute atomic E-state index is 0.406. The zero-order chi connectivity index (χ0) is 17.9. The van der Waals surface area contributed by atoms with Crippen LogP contribution >= 0.6 is 9.39 Å². The highest BCUT2D eigenvalue weighted by molar-refractivity contribution is 8.26. The number of benzene rings is 1. The molecular formula is C21H33NOS. The van der Waals surface area contributed by atoms with Crippen LogP contribution in [0.3, 0.4) is 0 Å². The molecule has 1 atom stereocenters. The standard InChI is InChI=1S/C21H33NOS/c1-16(2)14-23-15-20-10-8-9-11-22(20)24(6,7)21-18(4)12-17(3)13-19(21)5/h12-13,20H,1,6-11,14-15H2,2-5H3. The van der Waals surface area contributed by atoms with E-state index in [-0.39, 0.29) is 0 Å². The van der Waals surface area contributed by atoms with E-state index in [1.54, 1.807) is 0 Å². The Balaban J connectivity index is 2.30. The van der Waals surface area contributed by atoms with Gasteiger partial charge in [-0.05, 0) is 51.7 Å². The third-order valence-electron chi connectivity index (χ3n) is 4.67. The zero-order valence-electron chi connectivity index (χ0n) is 15.9. The van der Waals surface area contributed by atoms with Crippen molar-refractivity contribution in [2.24, 2.45) is 0 Å². The van der Waals surface area contributed by atoms with Crippen LogP contribution in [0.2, 0.25) is 0 Å². The van der Waals surface area contributed by atoms with E-state index in [0.29, 0.717) is 12.6 Å². The van der Waals surface area contributed by atoms with Crippen molar-refractivity contribution in [3.05, 3.63) is 41.0 Å². The van der Waals surface area contributed by atoms with Crippen molar-refractivity contribution in [3.63, 3.8) is 0 Å². The van der Waals surface area contributed by atoms with Gasteiger partial charge in [-0.15, -0.1) is 9.39 Å². The van der Waals surface area contributed by atoms with Gasteiger partial charge >= 0.3 is 0 Å². The molecule has 1 aliphatic heterocycles. The first-order valence-electron chi connectivity index (χ1n) is 8.79. The fourth-order valence-electron chi connectivity index (χ4n) is 3.85. The van der Waals surface area contributed by atoms with Gasteiger partial charge in [0.15, 0.2) is 0 Å². The second-order valence-corrected chi connectivity index (χ2v) is 9.89. The second-order valence-electron chi connectivity index (χ2n) is 7.33. The number of aryl methyl sites for hydroxylation is 3. The minimum atomic E-state index is -1.51. The Hall–Kier alpha value is -1.03. The largest absolute Gasteiger partial charge is 0.375 e. The molecule has 3 heteroatoms. The molecule has 2 nitrogen and oxygen atoms in total. The van der Waals surface area contributed by atoms with E-state index in [0.717, 1.165) is 18.7 Å². The van der Waals surface area contributed by atoms with Crippen LogP contribution in [-0.2, 0) is 4.74 Å². The van der Waals surface area contributed by atoms with E-state index in [2.05, 4.69) is 55.5 Å². The first-order chi connectivity index (χ1) is 11.2. The van der Waals surface area contributed by atoms with Crippen LogP contribution in [0.5, 0.6) is 0 Å². The molecular weight excluding hydrogens is 314 g/mol. The van der Waals surface area contributed by atoms with Crippen LogP contribution in [0.4, 0.5) is 0 Å². The highest BCUT2D eigenvalue weighted by Crippen LogP contribution is 2.44. The number of rotatable bonds is 6. The number of hydrogen-bond acceptors (Lipinski definition) is 2. The van der Waals surface area contributed by atoms with Crippen LogP contribution in [0.15, 0.2) is 29.2 Å². The summed E-state index contributed by atoms with van der Waals surface area (Å²) >= 11 is 0. The molecule has 0 spiro atoms. The summed E-state index contributed by atoms with van der Waals surface area (Å²) in [7, 11) is -1.51. The highest BCUT2D eigenvalue weighted by atomic mass is 32.2. The van der Waals surface area contributed by atoms with Crippen molar-refractivity contribution in [2.45, 2.75) is 57.9 Å². The molecule has 1 aromatic rings. The molecule has 1 saturated heterocycles. The van der Waals surface area contributed by atoms with Crippen LogP contribution in [-0.4, -0.2) is 41.8 Å². The average molecular weight is 348 g/mol. The minimum Gasteiger partial charge on any atom is -0.375 e. The maximum absolute atomic E-state index is 5.89. The smallest absolute Gasteiger partial charge is 0.0672 e. The van der Waals surface area contributed by atoms with Gasteiger partial charge in [-0.1, -0.05) is 48.0 Å². The molecule has 0 bridgehead atoms. The topological polar surface area (TPSA) is 12.5 Å². The summed E-state index contributed by atoms with van der Waals surface area (Å²) in [5.74, 6) is 9.27. The Morgan fingerprint density at radius 2 is 1.83 bits per heavy atom. The summed E-state index contributed by atoms with van der Waals surface area (Å²) < 4.78 is 8.43. The van der Waals surface area contributed by atoms with Gasteiger partial charge in [0.05, 0.1) is 13.2 Å². The van der Waals surface area contributed by atoms with Crippen LogP contribution < -0.4 is 0 Å². The second kappa shape index (κ2) is 7.90. The molecule has 0 aromatic heterocycles. The van der Waals surface area contributed by atoms with Gasteiger partial charge in [0.2, 0.25) is 0 Å². The van der Waals surface area contributed by atoms with Crippen molar-refractivity contribution >= 4 is 21.1 Å². The Morgan fingerprint density at radius 3 is 2.42 bits per heavy atom. The van der Waals surface area contributed by atoms with Crippen molar-refractivity contribution in [3.8, 4) is 0 Å². The molecule has 24 heavy (non-hydrogen) atoms. The maximum atomic E-state index is 5.89. The average Bonchev–Trinajstić information content (AvgIpc) is 2.45. The maximum Gasteiger partial charge on any atom is 0.0672 e. The molecule has 1 unspecified atom stereocenters. The SMILES string of the molecule is C=C(C)COCC1CCCCN1S(=C)(=C)c1c(C)cc(C)cc1C. The molecule has 0 saturated carbocycles. The molecule has 1 aliphatic rings. The van der Waals surface area contributed by atoms with E-state index in [9.17, 15) is 0 Å². The van der Waals surface area contributed by atoms with E-state index in [1.165, 1.54) is 40.8 Å². The number of nitrogens with zero attached hydrogens (tertiary/aromatic N) is 1. The lowest BCUT2D eigenvalue weighted by atomic mass is 10.1. The molecule has 2 rings (SSSR count). The lowest BCUT2D eigenvalue weighted by Gasteiger charge is -2.42. The summed E-state index contributed by atoms with van der Waals surface area (Å²) in [6, 6.07) is 4.93. The fraction of sp³-hybridized carbons (Fsp3) is 0.524. The third kappa shape index (κ3) is 4.33. The van der Waals surface area contributed by atoms with E-state index >= 15 is 0 Å². The monoisotopic (exact) mass is 347 g/mol. The van der Waals surface area contributed by atoms with Crippen molar-refractivity contribution < 1.29 is 4.74 Å². The quantitative estimate of drug-likeness (QED) is 0.530. The van der Waals surface area contributed by atoms with Crippen LogP contribution in [0.1, 0.15) is 42.9 Å². The van der Waals surface area contributed by atoms with Crippen LogP contribution in [0.25, 0.3) is 0 Å². The summed E-state index contributed by atoms with van der Waals surface area (Å²) in [6.07, 6.45) is 3.65. The summed E-state index contributed by atoms with van der Waals surface area (Å²) in [5.41, 5.74) is 5.02. The molecule has 0 radical (unpaired) electrons. The molecule has 1 fully saturated rings. The van der Waals surface area contributed by atoms with Gasteiger partial charge in [0, 0.05) is 17.5 Å². The molecule has 0 aliphatic carbocycles. The Bertz CT molecular complexity index is 680. The van der Waals surface area contributed by atoms with Gasteiger partial charge in [-0.3, -0.25) is 4.31 Å². The van der Waals surface area contributed by atoms with E-state index in [1.807, 2.05) is 6.92 Å². The van der Waals surface area contributed by atoms with E-state index < -0.39 is 9.39 Å². The Kier molecular flexibility index (Phi) is 6.35. The van der Waals surface area contributed by atoms with Gasteiger partial charge in [-0.2, -0.15) is 0 Å². The Morgan fingerprint density at radius 1 is 1.21 bits per heavy atom. The van der Waals surface area contributed by atoms with Crippen molar-refractivity contribution in [2.75, 3.05) is 19.8 Å². The first kappa shape index (κ1) is 19.3. The molecule has 134 valence electrons. The fourth-order valence-corrected chi connectivity index (χ4v) is 6.62. The molecule has 0 N–H and O–H groups in total. The van der Waals surface area contributed by atoms with Crippen molar-refractivity contribution in [1.82, 2.24) is 4.31 Å². The van der Waals surface area contributed by atoms with Gasteiger partial charge in [0.1, 0.15) is 0 Å². The Labute approximate surface area is 149 Å². The van der Waals surface area contributed by atoms with E-state index in [4.69, 9.17) is 4.74 Å². The summed E-state index contributed by atoms with van der Waals surface area (Å²) in [4.78, 5) is 1.35. The van der Waals surface area contributed by atoms with Gasteiger partial charge < -0.3 is 4.74 Å². The lowest BCUT2D eigenvalue weighted by molar-refractivity contribution is 0.0921. The number of piperidine rings is 1. The third-order valence-corrected chi connectivity index (χ3v) is 7.45. The zero-order valence-corrected chi connectivity index (χ0v) is 16.7. The summed E-state index contributed by atoms with van der Waals surface area (Å²) in [6.45, 7) is 14.9. The van der Waals surface area contributed by atoms with Crippen LogP contribution in [0, 0.1) is 20.8 Å². The number of hydrogen-bond donors (Lipinski definition) is 0. The first-order valence-corrected chi connectivity index (χ1v) is 10.7. The molecule has 0 amide bonds. The predicted octanol–water partition coefficient (Wildman–Crippen LogP) is 5.00. The molecule has 1 heterocycles. The molecule has 1 aromatic carbocycles. The predicted molar refractivity (Wildman–Crippen MR) is 111 cm³/mol. The number of ether oxygens (including phenoxy) is 1. The van der Waals surface area contributed by atoms with Crippen molar-refractivity contribution in [1.29, 1.82) is 0 Å². The van der Waals surface area contributed by atoms with Gasteiger partial charge in [0.25, 0.3) is 0 Å². The normalized spacial score (nSPS) is 19.4. The lowest BCUT2D eigenvalue weighted by Crippen LogP contribution is -2.40. The van der Waals surface area contributed by atoms with Gasteiger partial charge in [-0.25, -0.2) is 0 Å².